The molecule has 0 aliphatic rings. The highest BCUT2D eigenvalue weighted by Gasteiger charge is 2.03. The van der Waals surface area contributed by atoms with Crippen LogP contribution in [0.4, 0.5) is 0 Å². The van der Waals surface area contributed by atoms with Crippen LogP contribution < -0.4 is 10.2 Å². The van der Waals surface area contributed by atoms with Crippen molar-refractivity contribution >= 4 is 51.4 Å². The lowest BCUT2D eigenvalue weighted by Gasteiger charge is -2.06. The molecule has 0 atom stereocenters. The van der Waals surface area contributed by atoms with Gasteiger partial charge in [0.15, 0.2) is 0 Å². The van der Waals surface area contributed by atoms with Gasteiger partial charge in [0, 0.05) is 9.92 Å². The lowest BCUT2D eigenvalue weighted by Crippen LogP contribution is -2.19. The number of hydrogen-bond donors (Lipinski definition) is 1. The van der Waals surface area contributed by atoms with Gasteiger partial charge in [0.1, 0.15) is 12.4 Å². The third-order valence-corrected chi connectivity index (χ3v) is 4.78. The summed E-state index contributed by atoms with van der Waals surface area (Å²) in [6.45, 7) is 4.05. The zero-order valence-corrected chi connectivity index (χ0v) is 16.4. The second-order valence-electron chi connectivity index (χ2n) is 4.83. The Balaban J connectivity index is 1.81. The van der Waals surface area contributed by atoms with Gasteiger partial charge >= 0.3 is 0 Å². The van der Waals surface area contributed by atoms with Crippen LogP contribution in [0.3, 0.4) is 0 Å². The Labute approximate surface area is 164 Å². The Morgan fingerprint density at radius 2 is 2.08 bits per heavy atom. The van der Waals surface area contributed by atoms with Crippen LogP contribution in [0, 0.1) is 0 Å². The molecule has 2 rings (SSSR count). The molecule has 0 radical (unpaired) electrons. The molecule has 0 spiro atoms. The summed E-state index contributed by atoms with van der Waals surface area (Å²) in [6, 6.07) is 12.9. The first-order valence-electron chi connectivity index (χ1n) is 7.32. The number of carbonyl (C=O) groups is 1. The van der Waals surface area contributed by atoms with Gasteiger partial charge in [-0.3, -0.25) is 4.79 Å². The van der Waals surface area contributed by atoms with Crippen molar-refractivity contribution in [3.8, 4) is 5.75 Å². The van der Waals surface area contributed by atoms with Crippen LogP contribution in [0.5, 0.6) is 5.75 Å². The SMILES string of the molecule is C=CCOc1ccc(/C=N\NC(=O)CSc2ccc(Cl)cc2)cc1Br. The zero-order chi connectivity index (χ0) is 18.1. The largest absolute Gasteiger partial charge is 0.488 e. The molecule has 0 saturated carbocycles. The van der Waals surface area contributed by atoms with E-state index in [1.54, 1.807) is 24.4 Å². The number of ether oxygens (including phenoxy) is 1. The topological polar surface area (TPSA) is 50.7 Å². The predicted octanol–water partition coefficient (Wildman–Crippen LogP) is 4.91. The van der Waals surface area contributed by atoms with Gasteiger partial charge in [0.05, 0.1) is 16.4 Å². The van der Waals surface area contributed by atoms with Gasteiger partial charge in [-0.15, -0.1) is 11.8 Å². The number of hydrogen-bond acceptors (Lipinski definition) is 4. The lowest BCUT2D eigenvalue weighted by molar-refractivity contribution is -0.118. The summed E-state index contributed by atoms with van der Waals surface area (Å²) >= 11 is 10.7. The van der Waals surface area contributed by atoms with Gasteiger partial charge in [0.25, 0.3) is 0 Å². The molecule has 25 heavy (non-hydrogen) atoms. The van der Waals surface area contributed by atoms with E-state index < -0.39 is 0 Å². The minimum absolute atomic E-state index is 0.179. The van der Waals surface area contributed by atoms with E-state index in [-0.39, 0.29) is 11.7 Å². The molecule has 0 bridgehead atoms. The van der Waals surface area contributed by atoms with Gasteiger partial charge in [-0.2, -0.15) is 5.10 Å². The Morgan fingerprint density at radius 3 is 2.76 bits per heavy atom. The fourth-order valence-corrected chi connectivity index (χ4v) is 3.08. The number of carbonyl (C=O) groups excluding carboxylic acids is 1. The standard InChI is InChI=1S/C18H16BrClN2O2S/c1-2-9-24-17-8-3-13(10-16(17)19)11-21-22-18(23)12-25-15-6-4-14(20)5-7-15/h2-8,10-11H,1,9,12H2,(H,22,23)/b21-11-. The first-order chi connectivity index (χ1) is 12.1. The minimum atomic E-state index is -0.179. The van der Waals surface area contributed by atoms with Crippen LogP contribution in [0.2, 0.25) is 5.02 Å². The first-order valence-corrected chi connectivity index (χ1v) is 9.47. The van der Waals surface area contributed by atoms with Crippen molar-refractivity contribution in [2.75, 3.05) is 12.4 Å². The molecule has 0 fully saturated rings. The first kappa shape index (κ1) is 19.6. The number of rotatable bonds is 8. The summed E-state index contributed by atoms with van der Waals surface area (Å²) < 4.78 is 6.28. The van der Waals surface area contributed by atoms with Crippen LogP contribution in [-0.4, -0.2) is 24.5 Å². The number of benzene rings is 2. The van der Waals surface area contributed by atoms with Gasteiger partial charge in [0.2, 0.25) is 5.91 Å². The number of hydrazone groups is 1. The van der Waals surface area contributed by atoms with E-state index in [4.69, 9.17) is 16.3 Å². The molecule has 2 aromatic rings. The fraction of sp³-hybridized carbons (Fsp3) is 0.111. The number of halogens is 2. The summed E-state index contributed by atoms with van der Waals surface area (Å²) in [5.74, 6) is 0.818. The number of nitrogens with zero attached hydrogens (tertiary/aromatic N) is 1. The van der Waals surface area contributed by atoms with Gasteiger partial charge < -0.3 is 4.74 Å². The molecule has 2 aromatic carbocycles. The van der Waals surface area contributed by atoms with Crippen molar-refractivity contribution in [3.05, 3.63) is 70.2 Å². The van der Waals surface area contributed by atoms with E-state index in [0.717, 1.165) is 20.7 Å². The smallest absolute Gasteiger partial charge is 0.250 e. The third-order valence-electron chi connectivity index (χ3n) is 2.90. The van der Waals surface area contributed by atoms with Gasteiger partial charge in [-0.1, -0.05) is 24.3 Å². The summed E-state index contributed by atoms with van der Waals surface area (Å²) in [5.41, 5.74) is 3.34. The highest BCUT2D eigenvalue weighted by atomic mass is 79.9. The van der Waals surface area contributed by atoms with Gasteiger partial charge in [-0.25, -0.2) is 5.43 Å². The van der Waals surface area contributed by atoms with E-state index in [2.05, 4.69) is 33.0 Å². The Kier molecular flexibility index (Phi) is 8.04. The van der Waals surface area contributed by atoms with E-state index in [9.17, 15) is 4.79 Å². The zero-order valence-electron chi connectivity index (χ0n) is 13.2. The van der Waals surface area contributed by atoms with Crippen LogP contribution in [0.15, 0.2) is 69.6 Å². The maximum Gasteiger partial charge on any atom is 0.250 e. The van der Waals surface area contributed by atoms with Crippen molar-refractivity contribution in [1.82, 2.24) is 5.43 Å². The molecule has 0 unspecified atom stereocenters. The summed E-state index contributed by atoms with van der Waals surface area (Å²) in [7, 11) is 0. The molecule has 1 N–H and O–H groups in total. The lowest BCUT2D eigenvalue weighted by atomic mass is 10.2. The molecule has 0 aromatic heterocycles. The number of nitrogens with one attached hydrogen (secondary N) is 1. The number of thioether (sulfide) groups is 1. The summed E-state index contributed by atoms with van der Waals surface area (Å²) in [5, 5.41) is 4.64. The highest BCUT2D eigenvalue weighted by Crippen LogP contribution is 2.25. The number of amides is 1. The second-order valence-corrected chi connectivity index (χ2v) is 7.16. The average Bonchev–Trinajstić information content (AvgIpc) is 2.60. The molecule has 0 saturated heterocycles. The summed E-state index contributed by atoms with van der Waals surface area (Å²) in [4.78, 5) is 12.8. The van der Waals surface area contributed by atoms with Crippen LogP contribution in [0.25, 0.3) is 0 Å². The molecule has 0 aliphatic heterocycles. The minimum Gasteiger partial charge on any atom is -0.488 e. The monoisotopic (exact) mass is 438 g/mol. The maximum atomic E-state index is 11.8. The predicted molar refractivity (Wildman–Crippen MR) is 108 cm³/mol. The Hall–Kier alpha value is -1.76. The van der Waals surface area contributed by atoms with E-state index in [1.165, 1.54) is 11.8 Å². The van der Waals surface area contributed by atoms with E-state index >= 15 is 0 Å². The molecule has 0 aliphatic carbocycles. The second kappa shape index (κ2) is 10.3. The van der Waals surface area contributed by atoms with E-state index in [0.29, 0.717) is 11.6 Å². The van der Waals surface area contributed by atoms with Crippen LogP contribution >= 0.6 is 39.3 Å². The molecule has 4 nitrogen and oxygen atoms in total. The maximum absolute atomic E-state index is 11.8. The van der Waals surface area contributed by atoms with Crippen molar-refractivity contribution in [2.24, 2.45) is 5.10 Å². The average molecular weight is 440 g/mol. The highest BCUT2D eigenvalue weighted by molar-refractivity contribution is 9.10. The molecular weight excluding hydrogens is 424 g/mol. The van der Waals surface area contributed by atoms with E-state index in [1.807, 2.05) is 30.3 Å². The van der Waals surface area contributed by atoms with Crippen molar-refractivity contribution in [1.29, 1.82) is 0 Å². The normalized spacial score (nSPS) is 10.6. The Bertz CT molecular complexity index is 766. The molecule has 1 amide bonds. The molecule has 7 heteroatoms. The molecule has 130 valence electrons. The Morgan fingerprint density at radius 1 is 1.32 bits per heavy atom. The van der Waals surface area contributed by atoms with Crippen molar-refractivity contribution < 1.29 is 9.53 Å². The van der Waals surface area contributed by atoms with Crippen LogP contribution in [-0.2, 0) is 4.79 Å². The molecule has 0 heterocycles. The van der Waals surface area contributed by atoms with Crippen molar-refractivity contribution in [2.45, 2.75) is 4.90 Å². The third kappa shape index (κ3) is 6.94. The quantitative estimate of drug-likeness (QED) is 0.275. The summed E-state index contributed by atoms with van der Waals surface area (Å²) in [6.07, 6.45) is 3.26. The van der Waals surface area contributed by atoms with Crippen LogP contribution in [0.1, 0.15) is 5.56 Å². The fourth-order valence-electron chi connectivity index (χ4n) is 1.75. The van der Waals surface area contributed by atoms with Gasteiger partial charge in [-0.05, 0) is 64.0 Å². The van der Waals surface area contributed by atoms with Crippen molar-refractivity contribution in [3.63, 3.8) is 0 Å². The molecular formula is C18H16BrClN2O2S.